The number of carbonyl (C=O) groups is 1. The average Bonchev–Trinajstić information content (AvgIpc) is 3.01. The molecule has 0 N–H and O–H groups in total. The Morgan fingerprint density at radius 2 is 0.870 bits per heavy atom. The highest BCUT2D eigenvalue weighted by molar-refractivity contribution is 6.75. The topological polar surface area (TPSA) is 54.0 Å². The van der Waals surface area contributed by atoms with Crippen LogP contribution in [0.4, 0.5) is 0 Å². The number of hydrogen-bond acceptors (Lipinski definition) is 5. The Morgan fingerprint density at radius 1 is 0.519 bits per heavy atom. The van der Waals surface area contributed by atoms with Gasteiger partial charge in [-0.15, -0.1) is 6.58 Å². The maximum atomic E-state index is 12.4. The lowest BCUT2D eigenvalue weighted by Gasteiger charge is -2.43. The first-order chi connectivity index (χ1) is 24.7. The summed E-state index contributed by atoms with van der Waals surface area (Å²) in [7, 11) is -6.25. The van der Waals surface area contributed by atoms with E-state index in [0.29, 0.717) is 12.8 Å². The van der Waals surface area contributed by atoms with Crippen molar-refractivity contribution in [1.82, 2.24) is 0 Å². The molecular formula is C46H94O5Si3. The zero-order valence-electron chi connectivity index (χ0n) is 39.1. The highest BCUT2D eigenvalue weighted by Crippen LogP contribution is 2.42. The van der Waals surface area contributed by atoms with Gasteiger partial charge >= 0.3 is 5.97 Å². The van der Waals surface area contributed by atoms with Crippen LogP contribution in [0.25, 0.3) is 0 Å². The van der Waals surface area contributed by atoms with Gasteiger partial charge in [-0.05, 0) is 80.1 Å². The van der Waals surface area contributed by atoms with E-state index < -0.39 is 30.9 Å². The van der Waals surface area contributed by atoms with Gasteiger partial charge in [0.2, 0.25) is 0 Å². The lowest BCUT2D eigenvalue weighted by Crippen LogP contribution is -2.48. The van der Waals surface area contributed by atoms with Crippen LogP contribution in [0.1, 0.15) is 185 Å². The van der Waals surface area contributed by atoms with Crippen LogP contribution in [0.5, 0.6) is 0 Å². The smallest absolute Gasteiger partial charge is 0.330 e. The quantitative estimate of drug-likeness (QED) is 0.0238. The van der Waals surface area contributed by atoms with Gasteiger partial charge in [0.15, 0.2) is 25.0 Å². The Morgan fingerprint density at radius 3 is 1.26 bits per heavy atom. The highest BCUT2D eigenvalue weighted by Gasteiger charge is 2.43. The van der Waals surface area contributed by atoms with Gasteiger partial charge in [-0.25, -0.2) is 4.79 Å². The molecule has 8 heteroatoms. The third-order valence-electron chi connectivity index (χ3n) is 12.9. The maximum absolute atomic E-state index is 12.4. The summed E-state index contributed by atoms with van der Waals surface area (Å²) in [5.41, 5.74) is 0. The number of esters is 1. The van der Waals surface area contributed by atoms with Crippen molar-refractivity contribution >= 4 is 30.9 Å². The molecule has 0 amide bonds. The molecule has 0 saturated carbocycles. The fourth-order valence-corrected chi connectivity index (χ4v) is 10.4. The highest BCUT2D eigenvalue weighted by atomic mass is 28.4. The molecule has 0 radical (unpaired) electrons. The van der Waals surface area contributed by atoms with Gasteiger partial charge in [-0.2, -0.15) is 0 Å². The molecule has 0 aliphatic carbocycles. The molecular weight excluding hydrogens is 717 g/mol. The van der Waals surface area contributed by atoms with Crippen molar-refractivity contribution in [3.8, 4) is 0 Å². The van der Waals surface area contributed by atoms with E-state index in [2.05, 4.69) is 122 Å². The Labute approximate surface area is 341 Å². The summed E-state index contributed by atoms with van der Waals surface area (Å²) in [6.45, 7) is 45.0. The molecule has 54 heavy (non-hydrogen) atoms. The van der Waals surface area contributed by atoms with E-state index in [1.807, 2.05) is 6.08 Å². The summed E-state index contributed by atoms with van der Waals surface area (Å²) in [5, 5.41) is 0.283. The molecule has 320 valence electrons. The summed E-state index contributed by atoms with van der Waals surface area (Å²) in [5.74, 6) is -0.398. The third-order valence-corrected chi connectivity index (χ3v) is 26.5. The van der Waals surface area contributed by atoms with E-state index in [-0.39, 0.29) is 39.5 Å². The normalized spacial score (nSPS) is 15.8. The molecule has 4 atom stereocenters. The number of ether oxygens (including phenoxy) is 1. The second-order valence-electron chi connectivity index (χ2n) is 21.0. The Bertz CT molecular complexity index is 1030. The lowest BCUT2D eigenvalue weighted by atomic mass is 9.98. The van der Waals surface area contributed by atoms with Gasteiger partial charge < -0.3 is 18.0 Å². The summed E-state index contributed by atoms with van der Waals surface area (Å²) >= 11 is 0. The van der Waals surface area contributed by atoms with Gasteiger partial charge in [0, 0.05) is 31.1 Å². The van der Waals surface area contributed by atoms with E-state index >= 15 is 0 Å². The van der Waals surface area contributed by atoms with Crippen LogP contribution in [0.2, 0.25) is 54.4 Å². The predicted octanol–water partition coefficient (Wildman–Crippen LogP) is 15.5. The molecule has 0 unspecified atom stereocenters. The van der Waals surface area contributed by atoms with Gasteiger partial charge in [0.05, 0.1) is 6.10 Å². The van der Waals surface area contributed by atoms with Crippen molar-refractivity contribution in [2.24, 2.45) is 0 Å². The van der Waals surface area contributed by atoms with E-state index in [9.17, 15) is 4.79 Å². The summed E-state index contributed by atoms with van der Waals surface area (Å²) in [6, 6.07) is 0. The van der Waals surface area contributed by atoms with E-state index in [0.717, 1.165) is 25.7 Å². The van der Waals surface area contributed by atoms with Crippen molar-refractivity contribution in [1.29, 1.82) is 0 Å². The van der Waals surface area contributed by atoms with E-state index in [1.54, 1.807) is 0 Å². The first kappa shape index (κ1) is 53.5. The number of carbonyl (C=O) groups excluding carboxylic acids is 1. The van der Waals surface area contributed by atoms with Crippen LogP contribution in [0, 0.1) is 0 Å². The molecule has 0 spiro atoms. The number of rotatable bonds is 30. The molecule has 0 fully saturated rings. The minimum absolute atomic E-state index is 0.0210. The third kappa shape index (κ3) is 21.9. The fourth-order valence-electron chi connectivity index (χ4n) is 6.22. The Balaban J connectivity index is 6.18. The number of hydrogen-bond donors (Lipinski definition) is 0. The van der Waals surface area contributed by atoms with Crippen molar-refractivity contribution in [3.63, 3.8) is 0 Å². The van der Waals surface area contributed by atoms with E-state index in [1.165, 1.54) is 83.1 Å². The van der Waals surface area contributed by atoms with Gasteiger partial charge in [0.1, 0.15) is 6.10 Å². The minimum atomic E-state index is -2.16. The molecule has 5 nitrogen and oxygen atoms in total. The van der Waals surface area contributed by atoms with E-state index in [4.69, 9.17) is 18.0 Å². The first-order valence-corrected chi connectivity index (χ1v) is 30.9. The van der Waals surface area contributed by atoms with Crippen LogP contribution in [0.3, 0.4) is 0 Å². The van der Waals surface area contributed by atoms with Crippen molar-refractivity contribution in [3.05, 3.63) is 25.3 Å². The SMILES string of the molecule is C=CC[C@H](C[C@H](C[C@H](CC[C@@H](CCCCCCCCCCCCCC)O[Si](C)(C)C(C)(C)C)O[Si](C)(C)C(C)(C)C)O[Si](C)(C)C(C)(C)C)OC(=O)C=C. The largest absolute Gasteiger partial charge is 0.459 e. The van der Waals surface area contributed by atoms with Crippen LogP contribution in [-0.4, -0.2) is 55.3 Å². The van der Waals surface area contributed by atoms with Crippen molar-refractivity contribution in [2.45, 2.75) is 264 Å². The van der Waals surface area contributed by atoms with Gasteiger partial charge in [-0.1, -0.05) is 159 Å². The first-order valence-electron chi connectivity index (χ1n) is 22.2. The lowest BCUT2D eigenvalue weighted by molar-refractivity contribution is -0.144. The molecule has 0 saturated heterocycles. The van der Waals surface area contributed by atoms with Crippen LogP contribution in [-0.2, 0) is 22.8 Å². The number of unbranched alkanes of at least 4 members (excludes halogenated alkanes) is 11. The second kappa shape index (κ2) is 25.1. The molecule has 0 aliphatic rings. The monoisotopic (exact) mass is 811 g/mol. The van der Waals surface area contributed by atoms with Crippen LogP contribution >= 0.6 is 0 Å². The zero-order chi connectivity index (χ0) is 41.9. The molecule has 0 aliphatic heterocycles. The fraction of sp³-hybridized carbons (Fsp3) is 0.891. The van der Waals surface area contributed by atoms with Gasteiger partial charge in [-0.3, -0.25) is 0 Å². The standard InChI is InChI=1S/C46H94O5Si3/c1-19-22-23-24-25-26-27-28-29-30-31-32-34-39(49-52(13,14)44(4,5)6)35-36-41(50-53(15,16)45(7,8)9)38-42(51-54(17,18)46(10,11)12)37-40(33-20-2)48-43(47)21-3/h20-21,39-42H,2-3,19,22-38H2,1,4-18H3/t39-,40-,41+,42-/m1/s1. The predicted molar refractivity (Wildman–Crippen MR) is 245 cm³/mol. The summed E-state index contributed by atoms with van der Waals surface area (Å²) < 4.78 is 27.6. The van der Waals surface area contributed by atoms with Crippen molar-refractivity contribution < 1.29 is 22.8 Å². The molecule has 0 aromatic carbocycles. The average molecular weight is 812 g/mol. The molecule has 0 bridgehead atoms. The second-order valence-corrected chi connectivity index (χ2v) is 35.3. The molecule has 0 rings (SSSR count). The molecule has 0 aromatic heterocycles. The molecule has 0 aromatic rings. The summed E-state index contributed by atoms with van der Waals surface area (Å²) in [4.78, 5) is 12.4. The summed E-state index contributed by atoms with van der Waals surface area (Å²) in [6.07, 6.45) is 24.2. The van der Waals surface area contributed by atoms with Crippen molar-refractivity contribution in [2.75, 3.05) is 0 Å². The zero-order valence-corrected chi connectivity index (χ0v) is 42.1. The minimum Gasteiger partial charge on any atom is -0.459 e. The van der Waals surface area contributed by atoms with Gasteiger partial charge in [0.25, 0.3) is 0 Å². The maximum Gasteiger partial charge on any atom is 0.330 e. The Hall–Kier alpha value is -0.519. The molecule has 0 heterocycles. The Kier molecular flexibility index (Phi) is 24.8. The van der Waals surface area contributed by atoms with Crippen LogP contribution in [0.15, 0.2) is 25.3 Å². The van der Waals surface area contributed by atoms with Crippen LogP contribution < -0.4 is 0 Å².